The number of aromatic nitrogens is 4. The molecule has 6 aromatic carbocycles. The Labute approximate surface area is 534 Å². The maximum absolute atomic E-state index is 13.4. The number of nitrogens with two attached hydrogens (primary N) is 1. The van der Waals surface area contributed by atoms with E-state index in [-0.39, 0.29) is 91.7 Å². The predicted molar refractivity (Wildman–Crippen MR) is 328 cm³/mol. The number of benzene rings is 6. The normalized spacial score (nSPS) is 17.6. The Morgan fingerprint density at radius 3 is 1.09 bits per heavy atom. The van der Waals surface area contributed by atoms with Gasteiger partial charge in [0.05, 0.1) is 49.7 Å². The number of ether oxygens (including phenoxy) is 1. The molecule has 6 aliphatic carbocycles. The summed E-state index contributed by atoms with van der Waals surface area (Å²) in [6, 6.07) is 34.1. The van der Waals surface area contributed by atoms with Crippen LogP contribution in [0.3, 0.4) is 0 Å². The topological polar surface area (TPSA) is 267 Å². The molecule has 16 rings (SSSR count). The number of esters is 2. The number of anilines is 2. The van der Waals surface area contributed by atoms with Gasteiger partial charge in [-0.05, 0) is 121 Å². The van der Waals surface area contributed by atoms with E-state index in [1.807, 2.05) is 24.3 Å². The molecule has 19 heteroatoms. The predicted octanol–water partition coefficient (Wildman–Crippen LogP) is 12.9. The number of carbonyl (C=O) groups is 8. The van der Waals surface area contributed by atoms with Crippen LogP contribution in [-0.4, -0.2) is 66.8 Å². The van der Waals surface area contributed by atoms with Gasteiger partial charge in [0.15, 0.2) is 23.1 Å². The summed E-state index contributed by atoms with van der Waals surface area (Å²) in [4.78, 5) is 142. The van der Waals surface area contributed by atoms with E-state index in [0.29, 0.717) is 33.4 Å². The standard InChI is InChI=1S/C30H21N3O5.C19H8N2O6.C11H15N.2C5H10.2Fe.H/c34-25-19-13-21-22(30(38)33(29(21)37)17-11-9-16(10-12-17)15-5-1-2-6-15)14-20(19)26(35)24(25)27-31-23-8-4-3-7-18(23)28(36)32-27;22-14-8-5-10-11(19(26)27-18(10)25)6-9(8)15(23)13(14)16-20-12-4-2-1-3-7(12)17(24)21-16;12-11-7-5-10(6-8-11)9-3-1-2-4-9;2*1-2-4-5-3-1;;;/h3-4,7-15,24H,1-2,5-6H2,(H,31,32,36);1-6,13H,(H,20,21,24);5-9H,1-4,12H2;2*1-5H2;;;/q;;;;;;;-1/i;;;;;;;1+1. The number of nitrogen functional groups attached to an aromatic ring is 1. The first-order valence-electron chi connectivity index (χ1n) is 30.4. The third kappa shape index (κ3) is 12.7. The summed E-state index contributed by atoms with van der Waals surface area (Å²) in [5, 5.41) is 0.683. The third-order valence-corrected chi connectivity index (χ3v) is 18.0. The minimum Gasteiger partial charge on any atom is -1.00 e. The van der Waals surface area contributed by atoms with Crippen molar-refractivity contribution in [1.29, 1.82) is 0 Å². The maximum Gasteiger partial charge on any atom is 0.346 e. The van der Waals surface area contributed by atoms with Crippen molar-refractivity contribution in [2.75, 3.05) is 10.6 Å². The zero-order valence-corrected chi connectivity index (χ0v) is 50.9. The van der Waals surface area contributed by atoms with Gasteiger partial charge < -0.3 is 21.9 Å². The van der Waals surface area contributed by atoms with Crippen LogP contribution in [0, 0.1) is 0 Å². The first kappa shape index (κ1) is 63.4. The number of imide groups is 1. The zero-order chi connectivity index (χ0) is 60.5. The molecule has 0 bridgehead atoms. The molecule has 2 aliphatic heterocycles. The number of hydrogen-bond donors (Lipinski definition) is 3. The molecule has 0 atom stereocenters. The van der Waals surface area contributed by atoms with Crippen LogP contribution in [0.5, 0.6) is 0 Å². The minimum atomic E-state index is -1.34. The van der Waals surface area contributed by atoms with Crippen LogP contribution in [0.1, 0.15) is 246 Å². The van der Waals surface area contributed by atoms with Gasteiger partial charge >= 0.3 is 11.9 Å². The number of nitrogens with one attached hydrogen (secondary N) is 2. The molecule has 0 spiro atoms. The molecular weight excluding hydrogens is 1210 g/mol. The van der Waals surface area contributed by atoms with Crippen molar-refractivity contribution in [3.63, 3.8) is 0 Å². The molecule has 17 nitrogen and oxygen atoms in total. The van der Waals surface area contributed by atoms with E-state index < -0.39 is 69.8 Å². The van der Waals surface area contributed by atoms with Crippen LogP contribution in [-0.2, 0) is 38.9 Å². The number of H-pyrrole nitrogens is 2. The van der Waals surface area contributed by atoms with Crippen molar-refractivity contribution >= 4 is 80.1 Å². The van der Waals surface area contributed by atoms with E-state index in [1.54, 1.807) is 60.7 Å². The minimum absolute atomic E-state index is 0. The molecule has 2 aromatic heterocycles. The molecule has 4 heterocycles. The van der Waals surface area contributed by atoms with E-state index in [9.17, 15) is 47.9 Å². The van der Waals surface area contributed by atoms with Gasteiger partial charge in [0, 0.05) is 62.1 Å². The summed E-state index contributed by atoms with van der Waals surface area (Å²) in [7, 11) is 0. The maximum atomic E-state index is 13.4. The van der Waals surface area contributed by atoms with Gasteiger partial charge in [-0.2, -0.15) is 0 Å². The van der Waals surface area contributed by atoms with Crippen molar-refractivity contribution < 1.29 is 78.7 Å². The number of aromatic amines is 2. The van der Waals surface area contributed by atoms with E-state index in [0.717, 1.165) is 29.3 Å². The summed E-state index contributed by atoms with van der Waals surface area (Å²) in [6.45, 7) is 0. The number of carbonyl (C=O) groups excluding carboxylic acids is 8. The molecule has 89 heavy (non-hydrogen) atoms. The Bertz CT molecular complexity index is 4130. The van der Waals surface area contributed by atoms with Crippen LogP contribution in [0.15, 0.2) is 131 Å². The number of rotatable bonds is 5. The molecule has 4 fully saturated rings. The monoisotopic (exact) mass is 1280 g/mol. The van der Waals surface area contributed by atoms with Gasteiger partial charge in [0.2, 0.25) is 0 Å². The van der Waals surface area contributed by atoms with E-state index in [2.05, 4.69) is 36.8 Å². The second-order valence-electron chi connectivity index (χ2n) is 23.5. The zero-order valence-electron chi connectivity index (χ0n) is 49.7. The van der Waals surface area contributed by atoms with Crippen molar-refractivity contribution in [3.05, 3.63) is 209 Å². The Kier molecular flexibility index (Phi) is 19.5. The molecule has 4 N–H and O–H groups in total. The smallest absolute Gasteiger partial charge is 0.346 e. The van der Waals surface area contributed by atoms with Crippen LogP contribution in [0.4, 0.5) is 11.4 Å². The van der Waals surface area contributed by atoms with Crippen LogP contribution >= 0.6 is 0 Å². The average Bonchev–Trinajstić information content (AvgIpc) is 1.98. The van der Waals surface area contributed by atoms with Crippen molar-refractivity contribution in [1.82, 2.24) is 19.9 Å². The van der Waals surface area contributed by atoms with Gasteiger partial charge in [-0.1, -0.05) is 138 Å². The summed E-state index contributed by atoms with van der Waals surface area (Å²) in [5.41, 5.74) is 9.58. The fourth-order valence-corrected chi connectivity index (χ4v) is 13.3. The summed E-state index contributed by atoms with van der Waals surface area (Å²) in [6.07, 6.45) is 25.2. The Hall–Kier alpha value is -8.60. The van der Waals surface area contributed by atoms with E-state index >= 15 is 0 Å². The second-order valence-corrected chi connectivity index (χ2v) is 23.5. The molecule has 0 radical (unpaired) electrons. The van der Waals surface area contributed by atoms with Gasteiger partial charge in [0.1, 0.15) is 23.5 Å². The van der Waals surface area contributed by atoms with Crippen LogP contribution in [0.2, 0.25) is 0 Å². The quantitative estimate of drug-likeness (QED) is 0.0476. The van der Waals surface area contributed by atoms with Gasteiger partial charge in [0.25, 0.3) is 22.9 Å². The molecular formula is C70H65Fe2N6O11-. The van der Waals surface area contributed by atoms with Gasteiger partial charge in [-0.25, -0.2) is 24.5 Å². The first-order valence-corrected chi connectivity index (χ1v) is 30.4. The van der Waals surface area contributed by atoms with Crippen molar-refractivity contribution in [2.24, 2.45) is 0 Å². The molecule has 458 valence electrons. The third-order valence-electron chi connectivity index (χ3n) is 18.0. The number of para-hydroxylation sites is 2. The first-order chi connectivity index (χ1) is 42.2. The Morgan fingerprint density at radius 1 is 0.404 bits per heavy atom. The molecule has 8 aromatic rings. The average molecular weight is 1280 g/mol. The molecule has 4 saturated carbocycles. The number of cyclic esters (lactones) is 2. The van der Waals surface area contributed by atoms with Gasteiger partial charge in [-0.15, -0.1) is 0 Å². The van der Waals surface area contributed by atoms with E-state index in [1.165, 1.54) is 138 Å². The van der Waals surface area contributed by atoms with Crippen LogP contribution in [0.25, 0.3) is 21.8 Å². The number of hydrogen-bond acceptors (Lipinski definition) is 14. The number of fused-ring (bicyclic) bond motifs is 6. The second kappa shape index (κ2) is 27.4. The number of amides is 2. The molecule has 8 aliphatic rings. The SMILES string of the molecule is C1CCCC1.C1CCCC1.Nc1ccc(C2CCCC2)cc1.O=C1OC(=O)c2cc3c(cc21)C(=O)C(c1nc2ccccc2c(=O)[nH]1)C3=O.O=C1c2cc3c(cc2C(=O)C1c1nc2ccccc2c(=O)[nH]1)C(=O)N(c1ccc(C2CCCC2)cc1)C3=O.[2H-].[Fe].[Fe]. The molecule has 0 unspecified atom stereocenters. The molecule has 0 saturated heterocycles. The molecule has 2 amide bonds. The number of ketones is 4. The number of Topliss-reactive ketones (excluding diaryl/α,β-unsaturated/α-hetero) is 4. The summed E-state index contributed by atoms with van der Waals surface area (Å²) >= 11 is 0. The van der Waals surface area contributed by atoms with E-state index in [4.69, 9.17) is 5.73 Å². The number of nitrogens with zero attached hydrogens (tertiary/aromatic N) is 3. The van der Waals surface area contributed by atoms with Gasteiger partial charge in [-0.3, -0.25) is 38.4 Å². The summed E-state index contributed by atoms with van der Waals surface area (Å²) < 4.78 is 4.50. The van der Waals surface area contributed by atoms with Crippen molar-refractivity contribution in [2.45, 2.75) is 139 Å². The fraction of sp³-hybridized carbons (Fsp3) is 0.314. The largest absolute Gasteiger partial charge is 1.00 e. The fourth-order valence-electron chi connectivity index (χ4n) is 13.3. The summed E-state index contributed by atoms with van der Waals surface area (Å²) in [5.74, 6) is -6.59. The van der Waals surface area contributed by atoms with Crippen molar-refractivity contribution in [3.8, 4) is 0 Å². The Balaban J connectivity index is 0.000000159. The Morgan fingerprint density at radius 2 is 0.730 bits per heavy atom. The van der Waals surface area contributed by atoms with Crippen LogP contribution < -0.4 is 21.8 Å².